The van der Waals surface area contributed by atoms with Gasteiger partial charge < -0.3 is 9.64 Å². The molecule has 136 valence electrons. The molecule has 26 heavy (non-hydrogen) atoms. The van der Waals surface area contributed by atoms with Gasteiger partial charge in [0.2, 0.25) is 5.91 Å². The van der Waals surface area contributed by atoms with Crippen LogP contribution in [0.3, 0.4) is 0 Å². The van der Waals surface area contributed by atoms with Gasteiger partial charge in [-0.1, -0.05) is 42.5 Å². The Labute approximate surface area is 149 Å². The topological polar surface area (TPSA) is 29.5 Å². The van der Waals surface area contributed by atoms with E-state index in [0.29, 0.717) is 18.7 Å². The third-order valence-corrected chi connectivity index (χ3v) is 5.27. The van der Waals surface area contributed by atoms with Gasteiger partial charge in [-0.3, -0.25) is 4.79 Å². The molecular formula is C20H18F3NO2. The van der Waals surface area contributed by atoms with E-state index in [1.54, 1.807) is 11.0 Å². The second-order valence-electron chi connectivity index (χ2n) is 7.09. The third kappa shape index (κ3) is 2.69. The molecule has 3 nitrogen and oxygen atoms in total. The SMILES string of the molecule is C[C@@]12CN(Cc3ccccc3)C(=O)[C@@H]1c1cccc(C(F)(F)F)c1CO2. The van der Waals surface area contributed by atoms with E-state index < -0.39 is 23.3 Å². The zero-order valence-corrected chi connectivity index (χ0v) is 14.2. The molecule has 2 aromatic rings. The number of benzene rings is 2. The highest BCUT2D eigenvalue weighted by molar-refractivity contribution is 5.88. The number of rotatable bonds is 2. The lowest BCUT2D eigenvalue weighted by Gasteiger charge is -2.36. The summed E-state index contributed by atoms with van der Waals surface area (Å²) in [6, 6.07) is 13.6. The van der Waals surface area contributed by atoms with E-state index in [-0.39, 0.29) is 18.1 Å². The lowest BCUT2D eigenvalue weighted by Crippen LogP contribution is -2.41. The number of fused-ring (bicyclic) bond motifs is 3. The summed E-state index contributed by atoms with van der Waals surface area (Å²) in [6.45, 7) is 2.46. The Kier molecular flexibility index (Phi) is 3.84. The van der Waals surface area contributed by atoms with Gasteiger partial charge in [-0.25, -0.2) is 0 Å². The van der Waals surface area contributed by atoms with Crippen molar-refractivity contribution < 1.29 is 22.7 Å². The van der Waals surface area contributed by atoms with Gasteiger partial charge in [0.25, 0.3) is 0 Å². The standard InChI is InChI=1S/C20H18F3NO2/c1-19-12-24(10-13-6-3-2-4-7-13)18(25)17(19)14-8-5-9-16(20(21,22)23)15(14)11-26-19/h2-9,17H,10-12H2,1H3/t17-,19+/m0/s1. The van der Waals surface area contributed by atoms with E-state index >= 15 is 0 Å². The van der Waals surface area contributed by atoms with Crippen LogP contribution in [0.2, 0.25) is 0 Å². The van der Waals surface area contributed by atoms with Gasteiger partial charge in [-0.2, -0.15) is 13.2 Å². The summed E-state index contributed by atoms with van der Waals surface area (Å²) in [5, 5.41) is 0. The number of alkyl halides is 3. The molecule has 6 heteroatoms. The summed E-state index contributed by atoms with van der Waals surface area (Å²) in [7, 11) is 0. The van der Waals surface area contributed by atoms with Crippen LogP contribution in [0.5, 0.6) is 0 Å². The molecule has 1 fully saturated rings. The van der Waals surface area contributed by atoms with Crippen LogP contribution in [-0.4, -0.2) is 23.0 Å². The van der Waals surface area contributed by atoms with Gasteiger partial charge in [-0.15, -0.1) is 0 Å². The van der Waals surface area contributed by atoms with Crippen LogP contribution in [0.25, 0.3) is 0 Å². The molecule has 0 N–H and O–H groups in total. The normalized spacial score (nSPS) is 25.2. The molecule has 2 aromatic carbocycles. The lowest BCUT2D eigenvalue weighted by molar-refractivity contribution is -0.142. The molecule has 0 spiro atoms. The maximum Gasteiger partial charge on any atom is 0.416 e. The average Bonchev–Trinajstić information content (AvgIpc) is 2.85. The van der Waals surface area contributed by atoms with Crippen LogP contribution < -0.4 is 0 Å². The summed E-state index contributed by atoms with van der Waals surface area (Å²) in [5.41, 5.74) is -0.0337. The van der Waals surface area contributed by atoms with E-state index in [9.17, 15) is 18.0 Å². The quantitative estimate of drug-likeness (QED) is 0.805. The van der Waals surface area contributed by atoms with Crippen molar-refractivity contribution in [2.24, 2.45) is 0 Å². The number of amides is 1. The number of carbonyl (C=O) groups excluding carboxylic acids is 1. The summed E-state index contributed by atoms with van der Waals surface area (Å²) < 4.78 is 45.8. The second kappa shape index (κ2) is 5.84. The highest BCUT2D eigenvalue weighted by Gasteiger charge is 2.54. The average molecular weight is 361 g/mol. The second-order valence-corrected chi connectivity index (χ2v) is 7.09. The highest BCUT2D eigenvalue weighted by Crippen LogP contribution is 2.48. The largest absolute Gasteiger partial charge is 0.416 e. The number of halogens is 3. The zero-order chi connectivity index (χ0) is 18.5. The van der Waals surface area contributed by atoms with E-state index in [1.165, 1.54) is 6.07 Å². The number of carbonyl (C=O) groups is 1. The van der Waals surface area contributed by atoms with Crippen molar-refractivity contribution in [1.82, 2.24) is 4.90 Å². The number of ether oxygens (including phenoxy) is 1. The number of likely N-dealkylation sites (tertiary alicyclic amines) is 1. The van der Waals surface area contributed by atoms with E-state index in [1.807, 2.05) is 37.3 Å². The fourth-order valence-electron chi connectivity index (χ4n) is 4.06. The van der Waals surface area contributed by atoms with Crippen LogP contribution in [0.15, 0.2) is 48.5 Å². The monoisotopic (exact) mass is 361 g/mol. The molecule has 2 atom stereocenters. The Morgan fingerprint density at radius 2 is 1.88 bits per heavy atom. The van der Waals surface area contributed by atoms with Crippen molar-refractivity contribution in [2.45, 2.75) is 37.8 Å². The van der Waals surface area contributed by atoms with Gasteiger partial charge in [0.05, 0.1) is 30.2 Å². The number of hydrogen-bond acceptors (Lipinski definition) is 2. The first kappa shape index (κ1) is 17.1. The summed E-state index contributed by atoms with van der Waals surface area (Å²) in [6.07, 6.45) is -4.46. The lowest BCUT2D eigenvalue weighted by atomic mass is 9.80. The van der Waals surface area contributed by atoms with E-state index in [4.69, 9.17) is 4.74 Å². The van der Waals surface area contributed by atoms with Gasteiger partial charge >= 0.3 is 6.18 Å². The van der Waals surface area contributed by atoms with Crippen LogP contribution in [0, 0.1) is 0 Å². The smallest absolute Gasteiger partial charge is 0.368 e. The zero-order valence-electron chi connectivity index (χ0n) is 14.2. The minimum absolute atomic E-state index is 0.0809. The summed E-state index contributed by atoms with van der Waals surface area (Å²) >= 11 is 0. The molecule has 2 aliphatic rings. The maximum atomic E-state index is 13.3. The van der Waals surface area contributed by atoms with Crippen molar-refractivity contribution in [1.29, 1.82) is 0 Å². The van der Waals surface area contributed by atoms with Crippen molar-refractivity contribution in [3.05, 3.63) is 70.8 Å². The number of nitrogens with zero attached hydrogens (tertiary/aromatic N) is 1. The maximum absolute atomic E-state index is 13.3. The van der Waals surface area contributed by atoms with E-state index in [2.05, 4.69) is 0 Å². The minimum Gasteiger partial charge on any atom is -0.368 e. The van der Waals surface area contributed by atoms with Gasteiger partial charge in [-0.05, 0) is 29.7 Å². The first-order valence-electron chi connectivity index (χ1n) is 8.45. The first-order valence-corrected chi connectivity index (χ1v) is 8.45. The minimum atomic E-state index is -4.46. The van der Waals surface area contributed by atoms with Gasteiger partial charge in [0.1, 0.15) is 0 Å². The van der Waals surface area contributed by atoms with Crippen LogP contribution in [-0.2, 0) is 28.9 Å². The molecule has 2 aliphatic heterocycles. The molecule has 0 unspecified atom stereocenters. The predicted octanol–water partition coefficient (Wildman–Crippen LogP) is 4.12. The van der Waals surface area contributed by atoms with Crippen molar-refractivity contribution in [3.8, 4) is 0 Å². The summed E-state index contributed by atoms with van der Waals surface area (Å²) in [4.78, 5) is 14.7. The molecule has 0 saturated carbocycles. The van der Waals surface area contributed by atoms with E-state index in [0.717, 1.165) is 11.6 Å². The highest BCUT2D eigenvalue weighted by atomic mass is 19.4. The van der Waals surface area contributed by atoms with Crippen LogP contribution >= 0.6 is 0 Å². The molecule has 1 saturated heterocycles. The molecular weight excluding hydrogens is 343 g/mol. The first-order chi connectivity index (χ1) is 12.3. The summed E-state index contributed by atoms with van der Waals surface area (Å²) in [5.74, 6) is -0.895. The number of hydrogen-bond donors (Lipinski definition) is 0. The van der Waals surface area contributed by atoms with Gasteiger partial charge in [0.15, 0.2) is 0 Å². The Bertz CT molecular complexity index is 850. The molecule has 0 bridgehead atoms. The molecule has 0 aromatic heterocycles. The molecule has 0 radical (unpaired) electrons. The Hall–Kier alpha value is -2.34. The predicted molar refractivity (Wildman–Crippen MR) is 89.2 cm³/mol. The third-order valence-electron chi connectivity index (χ3n) is 5.27. The van der Waals surface area contributed by atoms with Crippen molar-refractivity contribution in [2.75, 3.05) is 6.54 Å². The Balaban J connectivity index is 1.71. The molecule has 0 aliphatic carbocycles. The van der Waals surface area contributed by atoms with Crippen LogP contribution in [0.4, 0.5) is 13.2 Å². The van der Waals surface area contributed by atoms with Gasteiger partial charge in [0, 0.05) is 6.54 Å². The van der Waals surface area contributed by atoms with Crippen molar-refractivity contribution >= 4 is 5.91 Å². The van der Waals surface area contributed by atoms with Crippen LogP contribution in [0.1, 0.15) is 35.1 Å². The fraction of sp³-hybridized carbons (Fsp3) is 0.350. The Morgan fingerprint density at radius 1 is 1.15 bits per heavy atom. The Morgan fingerprint density at radius 3 is 2.58 bits per heavy atom. The molecule has 2 heterocycles. The molecule has 1 amide bonds. The fourth-order valence-corrected chi connectivity index (χ4v) is 4.06. The molecule has 4 rings (SSSR count). The van der Waals surface area contributed by atoms with Crippen molar-refractivity contribution in [3.63, 3.8) is 0 Å².